The zero-order chi connectivity index (χ0) is 21.2. The summed E-state index contributed by atoms with van der Waals surface area (Å²) in [6.45, 7) is 12.4. The Labute approximate surface area is 169 Å². The third-order valence-corrected chi connectivity index (χ3v) is 3.91. The van der Waals surface area contributed by atoms with Gasteiger partial charge in [0, 0.05) is 50.1 Å². The minimum absolute atomic E-state index is 0.254. The van der Waals surface area contributed by atoms with E-state index in [2.05, 4.69) is 18.8 Å². The number of nitrogens with zero attached hydrogens (tertiary/aromatic N) is 2. The number of hydrogen-bond donors (Lipinski definition) is 2. The molecule has 0 atom stereocenters. The molecule has 0 spiro atoms. The summed E-state index contributed by atoms with van der Waals surface area (Å²) in [7, 11) is 0. The molecule has 1 saturated heterocycles. The van der Waals surface area contributed by atoms with Gasteiger partial charge in [-0.1, -0.05) is 44.5 Å². The SMILES string of the molecule is CC(C)(C)OC(=O)N1CC(CN=C/C(=C\N)c2ccc(CN)cc2)C1.CCC. The van der Waals surface area contributed by atoms with Gasteiger partial charge >= 0.3 is 6.09 Å². The number of hydrogen-bond acceptors (Lipinski definition) is 5. The van der Waals surface area contributed by atoms with Gasteiger partial charge in [0.1, 0.15) is 5.60 Å². The lowest BCUT2D eigenvalue weighted by atomic mass is 10.0. The van der Waals surface area contributed by atoms with Crippen molar-refractivity contribution < 1.29 is 9.53 Å². The van der Waals surface area contributed by atoms with Gasteiger partial charge in [-0.3, -0.25) is 4.99 Å². The first kappa shape index (κ1) is 23.7. The Hall–Kier alpha value is -2.34. The Morgan fingerprint density at radius 3 is 2.29 bits per heavy atom. The van der Waals surface area contributed by atoms with Gasteiger partial charge in [-0.2, -0.15) is 0 Å². The number of benzene rings is 1. The van der Waals surface area contributed by atoms with E-state index in [-0.39, 0.29) is 6.09 Å². The molecule has 2 rings (SSSR count). The third kappa shape index (κ3) is 8.13. The average molecular weight is 389 g/mol. The van der Waals surface area contributed by atoms with Crippen molar-refractivity contribution in [2.45, 2.75) is 53.2 Å². The number of rotatable bonds is 5. The molecule has 0 aromatic heterocycles. The zero-order valence-corrected chi connectivity index (χ0v) is 17.9. The van der Waals surface area contributed by atoms with Crippen LogP contribution in [0.4, 0.5) is 4.79 Å². The van der Waals surface area contributed by atoms with Crippen LogP contribution in [0.15, 0.2) is 35.5 Å². The van der Waals surface area contributed by atoms with E-state index in [0.29, 0.717) is 32.1 Å². The lowest BCUT2D eigenvalue weighted by Gasteiger charge is -2.39. The Kier molecular flexibility index (Phi) is 9.73. The summed E-state index contributed by atoms with van der Waals surface area (Å²) in [5, 5.41) is 0. The summed E-state index contributed by atoms with van der Waals surface area (Å²) in [5.74, 6) is 0.363. The molecule has 1 fully saturated rings. The Morgan fingerprint density at radius 1 is 1.25 bits per heavy atom. The third-order valence-electron chi connectivity index (χ3n) is 3.91. The molecule has 1 aromatic rings. The summed E-state index contributed by atoms with van der Waals surface area (Å²) in [5.41, 5.74) is 13.8. The van der Waals surface area contributed by atoms with Crippen LogP contribution in [0.1, 0.15) is 52.2 Å². The smallest absolute Gasteiger partial charge is 0.410 e. The van der Waals surface area contributed by atoms with Crippen LogP contribution in [0.2, 0.25) is 0 Å². The van der Waals surface area contributed by atoms with Gasteiger partial charge in [-0.15, -0.1) is 0 Å². The van der Waals surface area contributed by atoms with Crippen molar-refractivity contribution in [3.63, 3.8) is 0 Å². The van der Waals surface area contributed by atoms with Crippen molar-refractivity contribution in [2.75, 3.05) is 19.6 Å². The van der Waals surface area contributed by atoms with Crippen LogP contribution >= 0.6 is 0 Å². The molecule has 1 aliphatic heterocycles. The van der Waals surface area contributed by atoms with E-state index < -0.39 is 5.60 Å². The summed E-state index contributed by atoms with van der Waals surface area (Å²) >= 11 is 0. The van der Waals surface area contributed by atoms with Crippen molar-refractivity contribution in [1.29, 1.82) is 0 Å². The maximum atomic E-state index is 11.9. The first-order chi connectivity index (χ1) is 13.2. The van der Waals surface area contributed by atoms with Gasteiger partial charge in [0.15, 0.2) is 0 Å². The normalized spacial score (nSPS) is 15.1. The molecule has 0 saturated carbocycles. The van der Waals surface area contributed by atoms with E-state index in [0.717, 1.165) is 16.7 Å². The maximum absolute atomic E-state index is 11.9. The standard InChI is InChI=1S/C19H28N4O2.C3H8/c1-19(2,3)25-18(24)23-12-15(13-23)10-22-11-17(9-21)16-6-4-14(8-20)5-7-16;1-3-2/h4-7,9,11,15H,8,10,12-13,20-21H2,1-3H3;3H2,1-2H3/b17-9+,22-11?;. The molecule has 4 N–H and O–H groups in total. The highest BCUT2D eigenvalue weighted by Crippen LogP contribution is 2.20. The molecule has 156 valence electrons. The Balaban J connectivity index is 0.00000122. The summed E-state index contributed by atoms with van der Waals surface area (Å²) in [6, 6.07) is 7.94. The number of likely N-dealkylation sites (tertiary alicyclic amines) is 1. The molecule has 28 heavy (non-hydrogen) atoms. The molecule has 0 unspecified atom stereocenters. The second-order valence-corrected chi connectivity index (χ2v) is 7.98. The van der Waals surface area contributed by atoms with E-state index in [4.69, 9.17) is 16.2 Å². The molecular weight excluding hydrogens is 352 g/mol. The highest BCUT2D eigenvalue weighted by atomic mass is 16.6. The van der Waals surface area contributed by atoms with E-state index in [1.807, 2.05) is 45.0 Å². The van der Waals surface area contributed by atoms with Crippen LogP contribution in [0.3, 0.4) is 0 Å². The fraction of sp³-hybridized carbons (Fsp3) is 0.545. The van der Waals surface area contributed by atoms with E-state index in [9.17, 15) is 4.79 Å². The van der Waals surface area contributed by atoms with Crippen LogP contribution in [0.25, 0.3) is 5.57 Å². The molecular formula is C22H36N4O2. The first-order valence-corrected chi connectivity index (χ1v) is 9.93. The Bertz CT molecular complexity index is 654. The van der Waals surface area contributed by atoms with Gasteiger partial charge in [0.2, 0.25) is 0 Å². The van der Waals surface area contributed by atoms with Crippen LogP contribution in [-0.2, 0) is 11.3 Å². The van der Waals surface area contributed by atoms with Gasteiger partial charge in [0.25, 0.3) is 0 Å². The predicted molar refractivity (Wildman–Crippen MR) is 117 cm³/mol. The van der Waals surface area contributed by atoms with Crippen LogP contribution in [0.5, 0.6) is 0 Å². The van der Waals surface area contributed by atoms with Crippen molar-refractivity contribution in [2.24, 2.45) is 22.4 Å². The van der Waals surface area contributed by atoms with E-state index in [1.54, 1.807) is 17.3 Å². The molecule has 0 aliphatic carbocycles. The van der Waals surface area contributed by atoms with Crippen molar-refractivity contribution in [3.8, 4) is 0 Å². The molecule has 6 heteroatoms. The van der Waals surface area contributed by atoms with Crippen LogP contribution in [-0.4, -0.2) is 42.4 Å². The largest absolute Gasteiger partial charge is 0.444 e. The van der Waals surface area contributed by atoms with E-state index in [1.165, 1.54) is 6.42 Å². The lowest BCUT2D eigenvalue weighted by molar-refractivity contribution is 0.000417. The average Bonchev–Trinajstić information content (AvgIpc) is 2.59. The molecule has 0 bridgehead atoms. The zero-order valence-electron chi connectivity index (χ0n) is 17.9. The summed E-state index contributed by atoms with van der Waals surface area (Å²) < 4.78 is 5.34. The van der Waals surface area contributed by atoms with Crippen molar-refractivity contribution in [1.82, 2.24) is 4.90 Å². The highest BCUT2D eigenvalue weighted by Gasteiger charge is 2.33. The number of carbonyl (C=O) groups excluding carboxylic acids is 1. The summed E-state index contributed by atoms with van der Waals surface area (Å²) in [6.07, 6.45) is 4.33. The van der Waals surface area contributed by atoms with Gasteiger partial charge in [-0.05, 0) is 31.9 Å². The van der Waals surface area contributed by atoms with Gasteiger partial charge in [-0.25, -0.2) is 4.79 Å². The molecule has 1 amide bonds. The van der Waals surface area contributed by atoms with Gasteiger partial charge < -0.3 is 21.1 Å². The fourth-order valence-electron chi connectivity index (χ4n) is 2.51. The molecule has 1 aliphatic rings. The van der Waals surface area contributed by atoms with Crippen molar-refractivity contribution in [3.05, 3.63) is 41.6 Å². The number of aliphatic imine (C=N–C) groups is 1. The number of carbonyl (C=O) groups is 1. The Morgan fingerprint density at radius 2 is 1.82 bits per heavy atom. The quantitative estimate of drug-likeness (QED) is 0.750. The monoisotopic (exact) mass is 388 g/mol. The second kappa shape index (κ2) is 11.5. The minimum atomic E-state index is -0.458. The molecule has 0 radical (unpaired) electrons. The van der Waals surface area contributed by atoms with Crippen LogP contribution < -0.4 is 11.5 Å². The number of allylic oxidation sites excluding steroid dienone is 1. The van der Waals surface area contributed by atoms with Crippen molar-refractivity contribution >= 4 is 17.9 Å². The fourth-order valence-corrected chi connectivity index (χ4v) is 2.51. The topological polar surface area (TPSA) is 93.9 Å². The maximum Gasteiger partial charge on any atom is 0.410 e. The second-order valence-electron chi connectivity index (χ2n) is 7.98. The number of ether oxygens (including phenoxy) is 1. The highest BCUT2D eigenvalue weighted by molar-refractivity contribution is 6.09. The molecule has 6 nitrogen and oxygen atoms in total. The molecule has 1 aromatic carbocycles. The minimum Gasteiger partial charge on any atom is -0.444 e. The van der Waals surface area contributed by atoms with Crippen LogP contribution in [0, 0.1) is 5.92 Å². The lowest BCUT2D eigenvalue weighted by Crippen LogP contribution is -2.52. The van der Waals surface area contributed by atoms with E-state index >= 15 is 0 Å². The number of amides is 1. The summed E-state index contributed by atoms with van der Waals surface area (Å²) in [4.78, 5) is 18.1. The van der Waals surface area contributed by atoms with Gasteiger partial charge in [0.05, 0.1) is 0 Å². The molecule has 1 heterocycles. The first-order valence-electron chi connectivity index (χ1n) is 9.93. The number of nitrogens with two attached hydrogens (primary N) is 2. The predicted octanol–water partition coefficient (Wildman–Crippen LogP) is 3.80.